The number of nitrogens with zero attached hydrogens (tertiary/aromatic N) is 2. The van der Waals surface area contributed by atoms with Crippen LogP contribution in [0.25, 0.3) is 11.0 Å². The maximum absolute atomic E-state index is 11.1. The molecular weight excluding hydrogens is 234 g/mol. The number of amides is 1. The molecule has 0 radical (unpaired) electrons. The van der Waals surface area contributed by atoms with E-state index in [2.05, 4.69) is 15.3 Å². The van der Waals surface area contributed by atoms with Crippen molar-refractivity contribution >= 4 is 17.1 Å². The minimum absolute atomic E-state index is 0.192. The minimum Gasteiger partial charge on any atom is -0.480 e. The maximum atomic E-state index is 11.1. The molecule has 1 atom stereocenters. The van der Waals surface area contributed by atoms with E-state index in [4.69, 9.17) is 9.47 Å². The molecule has 6 heteroatoms. The molecule has 0 aliphatic carbocycles. The van der Waals surface area contributed by atoms with Gasteiger partial charge in [0.25, 0.3) is 0 Å². The summed E-state index contributed by atoms with van der Waals surface area (Å²) >= 11 is 0. The third-order valence-corrected chi connectivity index (χ3v) is 2.84. The fraction of sp³-hybridized carbons (Fsp3) is 0.250. The monoisotopic (exact) mass is 245 g/mol. The van der Waals surface area contributed by atoms with Gasteiger partial charge in [-0.1, -0.05) is 12.1 Å². The van der Waals surface area contributed by atoms with E-state index in [1.807, 2.05) is 18.2 Å². The Kier molecular flexibility index (Phi) is 2.47. The Bertz CT molecular complexity index is 615. The molecule has 1 amide bonds. The van der Waals surface area contributed by atoms with Crippen LogP contribution < -0.4 is 10.1 Å². The summed E-state index contributed by atoms with van der Waals surface area (Å²) in [6, 6.07) is 5.45. The van der Waals surface area contributed by atoms with Crippen LogP contribution in [0, 0.1) is 0 Å². The number of hydrogen-bond donors (Lipinski definition) is 1. The van der Waals surface area contributed by atoms with Gasteiger partial charge in [0, 0.05) is 5.56 Å². The highest BCUT2D eigenvalue weighted by atomic mass is 16.6. The number of rotatable bonds is 2. The van der Waals surface area contributed by atoms with Crippen molar-refractivity contribution in [3.05, 3.63) is 30.0 Å². The second-order valence-corrected chi connectivity index (χ2v) is 3.92. The molecule has 1 unspecified atom stereocenters. The average molecular weight is 245 g/mol. The Morgan fingerprint density at radius 1 is 1.50 bits per heavy atom. The molecule has 2 aromatic rings. The summed E-state index contributed by atoms with van der Waals surface area (Å²) in [7, 11) is 1.54. The van der Waals surface area contributed by atoms with Crippen LogP contribution in [-0.2, 0) is 4.74 Å². The Labute approximate surface area is 103 Å². The average Bonchev–Trinajstić information content (AvgIpc) is 2.84. The molecule has 1 N–H and O–H groups in total. The number of alkyl carbamates (subject to hydrolysis) is 1. The molecule has 0 spiro atoms. The molecule has 18 heavy (non-hydrogen) atoms. The van der Waals surface area contributed by atoms with E-state index in [-0.39, 0.29) is 6.04 Å². The number of carbonyl (C=O) groups is 1. The zero-order valence-corrected chi connectivity index (χ0v) is 9.71. The standard InChI is InChI=1S/C12H11N3O3/c1-17-10-5-13-8-4-2-3-7(11(8)15-10)9-6-18-12(16)14-9/h2-5,9H,6H2,1H3,(H,14,16). The maximum Gasteiger partial charge on any atom is 0.407 e. The van der Waals surface area contributed by atoms with Crippen LogP contribution in [-0.4, -0.2) is 29.8 Å². The fourth-order valence-corrected chi connectivity index (χ4v) is 1.97. The largest absolute Gasteiger partial charge is 0.480 e. The number of carbonyl (C=O) groups excluding carboxylic acids is 1. The van der Waals surface area contributed by atoms with Crippen molar-refractivity contribution in [1.82, 2.24) is 15.3 Å². The summed E-state index contributed by atoms with van der Waals surface area (Å²) in [5.74, 6) is 0.445. The van der Waals surface area contributed by atoms with Crippen molar-refractivity contribution in [2.24, 2.45) is 0 Å². The Morgan fingerprint density at radius 3 is 3.11 bits per heavy atom. The van der Waals surface area contributed by atoms with Gasteiger partial charge in [0.15, 0.2) is 0 Å². The molecule has 1 aromatic heterocycles. The lowest BCUT2D eigenvalue weighted by Crippen LogP contribution is -2.18. The van der Waals surface area contributed by atoms with Crippen LogP contribution >= 0.6 is 0 Å². The number of hydrogen-bond acceptors (Lipinski definition) is 5. The second-order valence-electron chi connectivity index (χ2n) is 3.92. The summed E-state index contributed by atoms with van der Waals surface area (Å²) in [6.45, 7) is 0.302. The smallest absolute Gasteiger partial charge is 0.407 e. The van der Waals surface area contributed by atoms with Crippen molar-refractivity contribution in [2.45, 2.75) is 6.04 Å². The van der Waals surface area contributed by atoms with Crippen LogP contribution in [0.5, 0.6) is 5.88 Å². The number of nitrogens with one attached hydrogen (secondary N) is 1. The zero-order chi connectivity index (χ0) is 12.5. The van der Waals surface area contributed by atoms with Gasteiger partial charge < -0.3 is 14.8 Å². The summed E-state index contributed by atoms with van der Waals surface area (Å²) in [5.41, 5.74) is 2.35. The summed E-state index contributed by atoms with van der Waals surface area (Å²) in [4.78, 5) is 19.7. The predicted molar refractivity (Wildman–Crippen MR) is 63.3 cm³/mol. The summed E-state index contributed by atoms with van der Waals surface area (Å²) in [5, 5.41) is 2.73. The quantitative estimate of drug-likeness (QED) is 0.866. The van der Waals surface area contributed by atoms with E-state index in [0.29, 0.717) is 18.0 Å². The summed E-state index contributed by atoms with van der Waals surface area (Å²) in [6.07, 6.45) is 1.16. The van der Waals surface area contributed by atoms with Crippen molar-refractivity contribution < 1.29 is 14.3 Å². The predicted octanol–water partition coefficient (Wildman–Crippen LogP) is 1.42. The van der Waals surface area contributed by atoms with E-state index in [1.54, 1.807) is 13.3 Å². The molecule has 1 saturated heterocycles. The first-order valence-electron chi connectivity index (χ1n) is 5.51. The van der Waals surface area contributed by atoms with Gasteiger partial charge in [-0.3, -0.25) is 0 Å². The lowest BCUT2D eigenvalue weighted by Gasteiger charge is -2.10. The van der Waals surface area contributed by atoms with Crippen molar-refractivity contribution in [3.63, 3.8) is 0 Å². The Morgan fingerprint density at radius 2 is 2.39 bits per heavy atom. The van der Waals surface area contributed by atoms with E-state index >= 15 is 0 Å². The first kappa shape index (κ1) is 10.8. The SMILES string of the molecule is COc1cnc2cccc(C3COC(=O)N3)c2n1. The van der Waals surface area contributed by atoms with E-state index in [1.165, 1.54) is 0 Å². The molecule has 1 aromatic carbocycles. The second kappa shape index (κ2) is 4.14. The number of benzene rings is 1. The number of aromatic nitrogens is 2. The van der Waals surface area contributed by atoms with E-state index in [0.717, 1.165) is 11.1 Å². The molecule has 2 heterocycles. The lowest BCUT2D eigenvalue weighted by atomic mass is 10.1. The van der Waals surface area contributed by atoms with Crippen LogP contribution in [0.2, 0.25) is 0 Å². The van der Waals surface area contributed by atoms with Gasteiger partial charge in [0.1, 0.15) is 6.61 Å². The topological polar surface area (TPSA) is 73.3 Å². The molecule has 1 aliphatic rings. The molecule has 1 aliphatic heterocycles. The molecule has 0 saturated carbocycles. The van der Waals surface area contributed by atoms with Crippen molar-refractivity contribution in [1.29, 1.82) is 0 Å². The first-order valence-corrected chi connectivity index (χ1v) is 5.51. The van der Waals surface area contributed by atoms with Gasteiger partial charge in [0.2, 0.25) is 5.88 Å². The highest BCUT2D eigenvalue weighted by Crippen LogP contribution is 2.25. The lowest BCUT2D eigenvalue weighted by molar-refractivity contribution is 0.177. The molecule has 6 nitrogen and oxygen atoms in total. The van der Waals surface area contributed by atoms with E-state index in [9.17, 15) is 4.79 Å². The number of methoxy groups -OCH3 is 1. The van der Waals surface area contributed by atoms with Crippen molar-refractivity contribution in [2.75, 3.05) is 13.7 Å². The Hall–Kier alpha value is -2.37. The van der Waals surface area contributed by atoms with Gasteiger partial charge in [-0.15, -0.1) is 0 Å². The van der Waals surface area contributed by atoms with Crippen LogP contribution in [0.1, 0.15) is 11.6 Å². The first-order chi connectivity index (χ1) is 8.78. The van der Waals surface area contributed by atoms with Gasteiger partial charge >= 0.3 is 6.09 Å². The molecule has 3 rings (SSSR count). The number of ether oxygens (including phenoxy) is 2. The molecule has 1 fully saturated rings. The number of fused-ring (bicyclic) bond motifs is 1. The molecule has 92 valence electrons. The number of cyclic esters (lactones) is 1. The highest BCUT2D eigenvalue weighted by Gasteiger charge is 2.25. The molecular formula is C12H11N3O3. The van der Waals surface area contributed by atoms with Crippen LogP contribution in [0.15, 0.2) is 24.4 Å². The molecule has 0 bridgehead atoms. The third kappa shape index (κ3) is 1.71. The highest BCUT2D eigenvalue weighted by molar-refractivity contribution is 5.80. The minimum atomic E-state index is -0.409. The number of para-hydroxylation sites is 1. The fourth-order valence-electron chi connectivity index (χ4n) is 1.97. The third-order valence-electron chi connectivity index (χ3n) is 2.84. The summed E-state index contributed by atoms with van der Waals surface area (Å²) < 4.78 is 9.96. The van der Waals surface area contributed by atoms with Gasteiger partial charge in [-0.25, -0.2) is 14.8 Å². The van der Waals surface area contributed by atoms with Gasteiger partial charge in [-0.2, -0.15) is 0 Å². The van der Waals surface area contributed by atoms with Gasteiger partial charge in [0.05, 0.1) is 30.4 Å². The van der Waals surface area contributed by atoms with Crippen molar-refractivity contribution in [3.8, 4) is 5.88 Å². The van der Waals surface area contributed by atoms with Crippen LogP contribution in [0.3, 0.4) is 0 Å². The zero-order valence-electron chi connectivity index (χ0n) is 9.71. The van der Waals surface area contributed by atoms with Gasteiger partial charge in [-0.05, 0) is 6.07 Å². The van der Waals surface area contributed by atoms with E-state index < -0.39 is 6.09 Å². The van der Waals surface area contributed by atoms with Crippen LogP contribution in [0.4, 0.5) is 4.79 Å². The normalized spacial score (nSPS) is 18.5. The Balaban J connectivity index is 2.13.